The Kier molecular flexibility index (Phi) is 6.18. The van der Waals surface area contributed by atoms with Crippen LogP contribution in [0.1, 0.15) is 32.6 Å². The van der Waals surface area contributed by atoms with Gasteiger partial charge in [-0.25, -0.2) is 4.79 Å². The molecule has 0 aromatic carbocycles. The molecule has 0 bridgehead atoms. The summed E-state index contributed by atoms with van der Waals surface area (Å²) >= 11 is 0. The van der Waals surface area contributed by atoms with Crippen molar-refractivity contribution in [2.45, 2.75) is 44.8 Å². The third-order valence-electron chi connectivity index (χ3n) is 2.75. The van der Waals surface area contributed by atoms with Crippen LogP contribution >= 0.6 is 0 Å². The van der Waals surface area contributed by atoms with Gasteiger partial charge in [0, 0.05) is 19.7 Å². The van der Waals surface area contributed by atoms with Gasteiger partial charge < -0.3 is 20.5 Å². The molecule has 0 radical (unpaired) electrons. The van der Waals surface area contributed by atoms with Crippen molar-refractivity contribution < 1.29 is 14.6 Å². The Morgan fingerprint density at radius 2 is 2.38 bits per heavy atom. The molecule has 3 N–H and O–H groups in total. The Bertz CT molecular complexity index is 205. The number of carbonyl (C=O) groups excluding carboxylic acids is 1. The van der Waals surface area contributed by atoms with Gasteiger partial charge in [-0.05, 0) is 25.7 Å². The quantitative estimate of drug-likeness (QED) is 0.626. The summed E-state index contributed by atoms with van der Waals surface area (Å²) in [6.07, 6.45) is 3.28. The minimum absolute atomic E-state index is 0.173. The second kappa shape index (κ2) is 7.46. The van der Waals surface area contributed by atoms with Gasteiger partial charge in [-0.15, -0.1) is 0 Å². The third kappa shape index (κ3) is 5.32. The number of ether oxygens (including phenoxy) is 1. The molecule has 0 aliphatic carbocycles. The third-order valence-corrected chi connectivity index (χ3v) is 2.75. The van der Waals surface area contributed by atoms with E-state index in [-0.39, 0.29) is 18.2 Å². The first-order chi connectivity index (χ1) is 7.72. The van der Waals surface area contributed by atoms with Gasteiger partial charge in [-0.2, -0.15) is 0 Å². The monoisotopic (exact) mass is 230 g/mol. The second-order valence-electron chi connectivity index (χ2n) is 4.12. The molecule has 1 saturated heterocycles. The van der Waals surface area contributed by atoms with Crippen LogP contribution in [0.25, 0.3) is 0 Å². The molecule has 2 atom stereocenters. The van der Waals surface area contributed by atoms with Crippen LogP contribution in [-0.2, 0) is 4.74 Å². The van der Waals surface area contributed by atoms with Gasteiger partial charge in [0.05, 0.1) is 12.2 Å². The number of aliphatic hydroxyl groups is 1. The zero-order chi connectivity index (χ0) is 11.8. The van der Waals surface area contributed by atoms with Gasteiger partial charge in [0.15, 0.2) is 0 Å². The van der Waals surface area contributed by atoms with Crippen molar-refractivity contribution in [2.75, 3.05) is 19.7 Å². The molecule has 1 rings (SSSR count). The fraction of sp³-hybridized carbons (Fsp3) is 0.909. The van der Waals surface area contributed by atoms with Crippen molar-refractivity contribution in [3.05, 3.63) is 0 Å². The molecule has 2 unspecified atom stereocenters. The highest BCUT2D eigenvalue weighted by molar-refractivity contribution is 5.73. The average Bonchev–Trinajstić information content (AvgIpc) is 2.79. The van der Waals surface area contributed by atoms with Crippen molar-refractivity contribution in [3.63, 3.8) is 0 Å². The SMILES string of the molecule is CCC(O)CCNC(=O)NCC1CCCO1. The summed E-state index contributed by atoms with van der Waals surface area (Å²) in [5.74, 6) is 0. The molecule has 1 aliphatic rings. The summed E-state index contributed by atoms with van der Waals surface area (Å²) in [5, 5.41) is 14.7. The van der Waals surface area contributed by atoms with Gasteiger partial charge in [-0.1, -0.05) is 6.92 Å². The fourth-order valence-corrected chi connectivity index (χ4v) is 1.63. The predicted octanol–water partition coefficient (Wildman–Crippen LogP) is 0.626. The van der Waals surface area contributed by atoms with Gasteiger partial charge in [0.1, 0.15) is 0 Å². The lowest BCUT2D eigenvalue weighted by Gasteiger charge is -2.12. The summed E-state index contributed by atoms with van der Waals surface area (Å²) in [4.78, 5) is 11.3. The number of nitrogens with one attached hydrogen (secondary N) is 2. The molecule has 1 heterocycles. The molecular formula is C11H22N2O3. The number of carbonyl (C=O) groups is 1. The molecular weight excluding hydrogens is 208 g/mol. The average molecular weight is 230 g/mol. The Balaban J connectivity index is 1.97. The van der Waals surface area contributed by atoms with Crippen molar-refractivity contribution >= 4 is 6.03 Å². The topological polar surface area (TPSA) is 70.6 Å². The van der Waals surface area contributed by atoms with E-state index >= 15 is 0 Å². The van der Waals surface area contributed by atoms with Crippen molar-refractivity contribution in [1.29, 1.82) is 0 Å². The van der Waals surface area contributed by atoms with E-state index in [2.05, 4.69) is 10.6 Å². The lowest BCUT2D eigenvalue weighted by Crippen LogP contribution is -2.40. The van der Waals surface area contributed by atoms with Crippen LogP contribution < -0.4 is 10.6 Å². The summed E-state index contributed by atoms with van der Waals surface area (Å²) in [5.41, 5.74) is 0. The fourth-order valence-electron chi connectivity index (χ4n) is 1.63. The largest absolute Gasteiger partial charge is 0.393 e. The summed E-state index contributed by atoms with van der Waals surface area (Å²) in [7, 11) is 0. The zero-order valence-electron chi connectivity index (χ0n) is 9.87. The summed E-state index contributed by atoms with van der Waals surface area (Å²) < 4.78 is 5.38. The first-order valence-corrected chi connectivity index (χ1v) is 6.03. The van der Waals surface area contributed by atoms with Gasteiger partial charge in [0.2, 0.25) is 0 Å². The van der Waals surface area contributed by atoms with Crippen molar-refractivity contribution in [3.8, 4) is 0 Å². The van der Waals surface area contributed by atoms with Crippen LogP contribution in [0.2, 0.25) is 0 Å². The second-order valence-corrected chi connectivity index (χ2v) is 4.12. The Labute approximate surface area is 96.6 Å². The van der Waals surface area contributed by atoms with Crippen LogP contribution in [0, 0.1) is 0 Å². The Morgan fingerprint density at radius 3 is 3.00 bits per heavy atom. The van der Waals surface area contributed by atoms with E-state index in [9.17, 15) is 9.90 Å². The molecule has 94 valence electrons. The molecule has 0 aromatic heterocycles. The number of rotatable bonds is 6. The molecule has 5 heteroatoms. The van der Waals surface area contributed by atoms with Crippen molar-refractivity contribution in [2.24, 2.45) is 0 Å². The number of hydrogen-bond donors (Lipinski definition) is 3. The smallest absolute Gasteiger partial charge is 0.314 e. The Hall–Kier alpha value is -0.810. The first-order valence-electron chi connectivity index (χ1n) is 6.03. The molecule has 1 aliphatic heterocycles. The van der Waals surface area contributed by atoms with E-state index in [4.69, 9.17) is 4.74 Å². The number of urea groups is 1. The first kappa shape index (κ1) is 13.3. The van der Waals surface area contributed by atoms with E-state index in [1.807, 2.05) is 6.92 Å². The maximum Gasteiger partial charge on any atom is 0.314 e. The Morgan fingerprint density at radius 1 is 1.56 bits per heavy atom. The molecule has 0 aromatic rings. The molecule has 5 nitrogen and oxygen atoms in total. The van der Waals surface area contributed by atoms with E-state index < -0.39 is 0 Å². The van der Waals surface area contributed by atoms with Crippen LogP contribution in [0.4, 0.5) is 4.79 Å². The highest BCUT2D eigenvalue weighted by atomic mass is 16.5. The van der Waals surface area contributed by atoms with Crippen molar-refractivity contribution in [1.82, 2.24) is 10.6 Å². The van der Waals surface area contributed by atoms with E-state index in [1.54, 1.807) is 0 Å². The molecule has 0 saturated carbocycles. The maximum atomic E-state index is 11.3. The molecule has 16 heavy (non-hydrogen) atoms. The highest BCUT2D eigenvalue weighted by Gasteiger charge is 2.15. The van der Waals surface area contributed by atoms with Crippen LogP contribution in [0.3, 0.4) is 0 Å². The molecule has 0 spiro atoms. The molecule has 1 fully saturated rings. The minimum Gasteiger partial charge on any atom is -0.393 e. The summed E-state index contributed by atoms with van der Waals surface area (Å²) in [6.45, 7) is 3.80. The zero-order valence-corrected chi connectivity index (χ0v) is 9.87. The lowest BCUT2D eigenvalue weighted by atomic mass is 10.2. The maximum absolute atomic E-state index is 11.3. The van der Waals surface area contributed by atoms with Gasteiger partial charge in [0.25, 0.3) is 0 Å². The number of hydrogen-bond acceptors (Lipinski definition) is 3. The normalized spacial score (nSPS) is 21.8. The van der Waals surface area contributed by atoms with Crippen LogP contribution in [-0.4, -0.2) is 43.0 Å². The molecule has 2 amide bonds. The number of amides is 2. The van der Waals surface area contributed by atoms with E-state index in [1.165, 1.54) is 0 Å². The summed E-state index contributed by atoms with van der Waals surface area (Å²) in [6, 6.07) is -0.182. The minimum atomic E-state index is -0.321. The standard InChI is InChI=1S/C11H22N2O3/c1-2-9(14)5-6-12-11(15)13-8-10-4-3-7-16-10/h9-10,14H,2-8H2,1H3,(H2,12,13,15). The van der Waals surface area contributed by atoms with Crippen LogP contribution in [0.15, 0.2) is 0 Å². The van der Waals surface area contributed by atoms with E-state index in [0.717, 1.165) is 25.9 Å². The lowest BCUT2D eigenvalue weighted by molar-refractivity contribution is 0.111. The van der Waals surface area contributed by atoms with Crippen LogP contribution in [0.5, 0.6) is 0 Å². The number of aliphatic hydroxyl groups excluding tert-OH is 1. The van der Waals surface area contributed by atoms with E-state index in [0.29, 0.717) is 19.5 Å². The van der Waals surface area contributed by atoms with Gasteiger partial charge >= 0.3 is 6.03 Å². The highest BCUT2D eigenvalue weighted by Crippen LogP contribution is 2.10. The predicted molar refractivity (Wildman–Crippen MR) is 61.3 cm³/mol. The van der Waals surface area contributed by atoms with Gasteiger partial charge in [-0.3, -0.25) is 0 Å².